The molecule has 24 heavy (non-hydrogen) atoms. The van der Waals surface area contributed by atoms with Gasteiger partial charge in [-0.15, -0.1) is 0 Å². The second kappa shape index (κ2) is 7.37. The van der Waals surface area contributed by atoms with Crippen LogP contribution in [-0.4, -0.2) is 19.2 Å². The molecule has 0 saturated heterocycles. The summed E-state index contributed by atoms with van der Waals surface area (Å²) in [7, 11) is -3.96. The van der Waals surface area contributed by atoms with Crippen LogP contribution in [0.15, 0.2) is 64.0 Å². The second-order valence-electron chi connectivity index (χ2n) is 4.61. The smallest absolute Gasteiger partial charge is 0.269 e. The first-order valence-electron chi connectivity index (χ1n) is 6.53. The van der Waals surface area contributed by atoms with Crippen molar-refractivity contribution in [2.24, 2.45) is 0 Å². The van der Waals surface area contributed by atoms with Crippen molar-refractivity contribution in [2.75, 3.05) is 0 Å². The number of rotatable bonds is 5. The molecule has 0 spiro atoms. The van der Waals surface area contributed by atoms with Gasteiger partial charge in [0.2, 0.25) is 0 Å². The zero-order chi connectivity index (χ0) is 17.7. The minimum Gasteiger partial charge on any atom is -0.269 e. The van der Waals surface area contributed by atoms with E-state index in [1.165, 1.54) is 42.5 Å². The highest BCUT2D eigenvalue weighted by Crippen LogP contribution is 2.15. The van der Waals surface area contributed by atoms with Crippen molar-refractivity contribution in [2.45, 2.75) is 4.90 Å². The molecule has 2 aromatic carbocycles. The van der Waals surface area contributed by atoms with Crippen molar-refractivity contribution in [1.29, 1.82) is 0 Å². The number of non-ortho nitro benzene ring substituents is 1. The maximum atomic E-state index is 12.0. The van der Waals surface area contributed by atoms with Crippen LogP contribution in [0.3, 0.4) is 0 Å². The summed E-state index contributed by atoms with van der Waals surface area (Å²) in [6.07, 6.45) is 2.40. The van der Waals surface area contributed by atoms with E-state index in [-0.39, 0.29) is 10.6 Å². The van der Waals surface area contributed by atoms with Crippen LogP contribution in [0.5, 0.6) is 0 Å². The lowest BCUT2D eigenvalue weighted by Crippen LogP contribution is -2.28. The Morgan fingerprint density at radius 2 is 1.67 bits per heavy atom. The molecular formula is C15H11BrN2O5S. The number of amides is 1. The zero-order valence-electron chi connectivity index (χ0n) is 12.0. The first-order chi connectivity index (χ1) is 11.3. The van der Waals surface area contributed by atoms with Crippen molar-refractivity contribution >= 4 is 43.6 Å². The Bertz CT molecular complexity index is 890. The highest BCUT2D eigenvalue weighted by atomic mass is 79.9. The number of nitro groups is 1. The molecule has 0 heterocycles. The third kappa shape index (κ3) is 4.74. The average molecular weight is 411 g/mol. The van der Waals surface area contributed by atoms with E-state index >= 15 is 0 Å². The molecule has 9 heteroatoms. The van der Waals surface area contributed by atoms with Gasteiger partial charge in [0.15, 0.2) is 0 Å². The third-order valence-electron chi connectivity index (χ3n) is 2.89. The van der Waals surface area contributed by atoms with Crippen LogP contribution in [0.25, 0.3) is 6.08 Å². The van der Waals surface area contributed by atoms with E-state index in [9.17, 15) is 23.3 Å². The molecule has 0 fully saturated rings. The number of carbonyl (C=O) groups excluding carboxylic acids is 1. The van der Waals surface area contributed by atoms with E-state index in [1.807, 2.05) is 4.72 Å². The summed E-state index contributed by atoms with van der Waals surface area (Å²) < 4.78 is 26.7. The van der Waals surface area contributed by atoms with Gasteiger partial charge in [0.05, 0.1) is 9.82 Å². The number of sulfonamides is 1. The van der Waals surface area contributed by atoms with Gasteiger partial charge in [-0.1, -0.05) is 15.9 Å². The van der Waals surface area contributed by atoms with Gasteiger partial charge in [-0.25, -0.2) is 13.1 Å². The van der Waals surface area contributed by atoms with Crippen LogP contribution in [0.1, 0.15) is 5.56 Å². The summed E-state index contributed by atoms with van der Waals surface area (Å²) in [6.45, 7) is 0. The molecule has 7 nitrogen and oxygen atoms in total. The molecule has 0 aliphatic rings. The van der Waals surface area contributed by atoms with Gasteiger partial charge in [0.1, 0.15) is 0 Å². The molecule has 1 amide bonds. The van der Waals surface area contributed by atoms with E-state index in [0.29, 0.717) is 10.0 Å². The Balaban J connectivity index is 2.06. The summed E-state index contributed by atoms with van der Waals surface area (Å²) in [5.41, 5.74) is 0.450. The van der Waals surface area contributed by atoms with Crippen LogP contribution in [0, 0.1) is 10.1 Å². The van der Waals surface area contributed by atoms with Crippen LogP contribution >= 0.6 is 15.9 Å². The standard InChI is InChI=1S/C15H11BrN2O5S/c16-12-4-8-14(9-5-12)24(22,23)17-15(19)10-3-11-1-6-13(7-2-11)18(20)21/h1-10H,(H,17,19)/b10-3+. The molecule has 0 saturated carbocycles. The minimum absolute atomic E-state index is 0.0391. The van der Waals surface area contributed by atoms with Gasteiger partial charge < -0.3 is 0 Å². The maximum Gasteiger partial charge on any atom is 0.269 e. The van der Waals surface area contributed by atoms with Gasteiger partial charge in [-0.3, -0.25) is 14.9 Å². The van der Waals surface area contributed by atoms with Crippen LogP contribution in [-0.2, 0) is 14.8 Å². The molecule has 0 aliphatic carbocycles. The molecule has 2 aromatic rings. The Morgan fingerprint density at radius 1 is 1.08 bits per heavy atom. The fraction of sp³-hybridized carbons (Fsp3) is 0. The van der Waals surface area contributed by atoms with Gasteiger partial charge in [0, 0.05) is 22.7 Å². The van der Waals surface area contributed by atoms with Gasteiger partial charge >= 0.3 is 0 Å². The fourth-order valence-electron chi connectivity index (χ4n) is 1.72. The second-order valence-corrected chi connectivity index (χ2v) is 7.20. The number of nitrogens with zero attached hydrogens (tertiary/aromatic N) is 1. The number of nitro benzene ring substituents is 1. The summed E-state index contributed by atoms with van der Waals surface area (Å²) >= 11 is 3.19. The Hall–Kier alpha value is -2.52. The number of benzene rings is 2. The fourth-order valence-corrected chi connectivity index (χ4v) is 2.93. The highest BCUT2D eigenvalue weighted by Gasteiger charge is 2.15. The molecule has 0 aliphatic heterocycles. The minimum atomic E-state index is -3.96. The first-order valence-corrected chi connectivity index (χ1v) is 8.80. The monoisotopic (exact) mass is 410 g/mol. The predicted molar refractivity (Wildman–Crippen MR) is 91.6 cm³/mol. The summed E-state index contributed by atoms with van der Waals surface area (Å²) in [5.74, 6) is -0.823. The number of hydrogen-bond donors (Lipinski definition) is 1. The van der Waals surface area contributed by atoms with E-state index in [2.05, 4.69) is 15.9 Å². The average Bonchev–Trinajstić information content (AvgIpc) is 2.53. The molecular weight excluding hydrogens is 400 g/mol. The molecule has 0 bridgehead atoms. The normalized spacial score (nSPS) is 11.4. The van der Waals surface area contributed by atoms with Crippen LogP contribution < -0.4 is 4.72 Å². The van der Waals surface area contributed by atoms with Crippen molar-refractivity contribution in [3.05, 3.63) is 74.8 Å². The summed E-state index contributed by atoms with van der Waals surface area (Å²) in [6, 6.07) is 11.3. The molecule has 0 aromatic heterocycles. The quantitative estimate of drug-likeness (QED) is 0.463. The number of halogens is 1. The number of nitrogens with one attached hydrogen (secondary N) is 1. The summed E-state index contributed by atoms with van der Waals surface area (Å²) in [4.78, 5) is 21.7. The highest BCUT2D eigenvalue weighted by molar-refractivity contribution is 9.10. The molecule has 1 N–H and O–H groups in total. The van der Waals surface area contributed by atoms with Crippen molar-refractivity contribution in [3.63, 3.8) is 0 Å². The van der Waals surface area contributed by atoms with Crippen molar-refractivity contribution < 1.29 is 18.1 Å². The lowest BCUT2D eigenvalue weighted by molar-refractivity contribution is -0.384. The van der Waals surface area contributed by atoms with E-state index in [4.69, 9.17) is 0 Å². The maximum absolute atomic E-state index is 12.0. The largest absolute Gasteiger partial charge is 0.269 e. The predicted octanol–water partition coefficient (Wildman–Crippen LogP) is 2.88. The molecule has 0 atom stereocenters. The topological polar surface area (TPSA) is 106 Å². The molecule has 2 rings (SSSR count). The SMILES string of the molecule is O=C(/C=C/c1ccc([N+](=O)[O-])cc1)NS(=O)(=O)c1ccc(Br)cc1. The Kier molecular flexibility index (Phi) is 5.47. The zero-order valence-corrected chi connectivity index (χ0v) is 14.5. The molecule has 124 valence electrons. The van der Waals surface area contributed by atoms with E-state index < -0.39 is 20.9 Å². The Labute approximate surface area is 146 Å². The summed E-state index contributed by atoms with van der Waals surface area (Å²) in [5, 5.41) is 10.5. The van der Waals surface area contributed by atoms with Gasteiger partial charge in [-0.05, 0) is 48.0 Å². The number of hydrogen-bond acceptors (Lipinski definition) is 5. The van der Waals surface area contributed by atoms with Crippen molar-refractivity contribution in [1.82, 2.24) is 4.72 Å². The lowest BCUT2D eigenvalue weighted by atomic mass is 10.2. The van der Waals surface area contributed by atoms with Crippen LogP contribution in [0.2, 0.25) is 0 Å². The van der Waals surface area contributed by atoms with Crippen molar-refractivity contribution in [3.8, 4) is 0 Å². The molecule has 0 unspecified atom stereocenters. The molecule has 0 radical (unpaired) electrons. The van der Waals surface area contributed by atoms with E-state index in [1.54, 1.807) is 12.1 Å². The third-order valence-corrected chi connectivity index (χ3v) is 4.78. The van der Waals surface area contributed by atoms with E-state index in [0.717, 1.165) is 6.08 Å². The van der Waals surface area contributed by atoms with Gasteiger partial charge in [0.25, 0.3) is 21.6 Å². The Morgan fingerprint density at radius 3 is 2.21 bits per heavy atom. The van der Waals surface area contributed by atoms with Crippen LogP contribution in [0.4, 0.5) is 5.69 Å². The first kappa shape index (κ1) is 17.8. The lowest BCUT2D eigenvalue weighted by Gasteiger charge is -2.04. The van der Waals surface area contributed by atoms with Gasteiger partial charge in [-0.2, -0.15) is 0 Å². The number of carbonyl (C=O) groups is 1.